The fraction of sp³-hybridized carbons (Fsp3) is 0.250. The molecule has 0 saturated heterocycles. The number of aromatic amines is 1. The number of H-pyrrole nitrogens is 1. The minimum Gasteiger partial charge on any atom is -0.339 e. The third-order valence-corrected chi connectivity index (χ3v) is 3.79. The summed E-state index contributed by atoms with van der Waals surface area (Å²) in [6.07, 6.45) is 4.33. The van der Waals surface area contributed by atoms with E-state index in [4.69, 9.17) is 17.3 Å². The van der Waals surface area contributed by atoms with Gasteiger partial charge in [-0.2, -0.15) is 0 Å². The van der Waals surface area contributed by atoms with Crippen LogP contribution in [0.3, 0.4) is 0 Å². The molecule has 2 rings (SSSR count). The Hall–Kier alpha value is -0.970. The van der Waals surface area contributed by atoms with Crippen molar-refractivity contribution in [3.63, 3.8) is 0 Å². The van der Waals surface area contributed by atoms with Gasteiger partial charge < -0.3 is 10.7 Å². The van der Waals surface area contributed by atoms with Crippen LogP contribution in [-0.4, -0.2) is 16.0 Å². The smallest absolute Gasteiger partial charge is 0.170 e. The van der Waals surface area contributed by atoms with Gasteiger partial charge in [-0.1, -0.05) is 35.5 Å². The minimum atomic E-state index is 0.115. The second-order valence-corrected chi connectivity index (χ2v) is 5.31. The van der Waals surface area contributed by atoms with Gasteiger partial charge in [0.25, 0.3) is 0 Å². The maximum Gasteiger partial charge on any atom is 0.170 e. The molecule has 90 valence electrons. The van der Waals surface area contributed by atoms with Gasteiger partial charge in [0.15, 0.2) is 5.16 Å². The van der Waals surface area contributed by atoms with Gasteiger partial charge in [0.2, 0.25) is 0 Å². The standard InChI is InChI=1S/C12H14ClN3S/c1-8(14)7-9-3-2-4-10(13)11(9)17-12-15-5-6-16-12/h2-6,8H,7,14H2,1H3,(H,15,16). The fourth-order valence-electron chi connectivity index (χ4n) is 1.58. The van der Waals surface area contributed by atoms with E-state index in [1.165, 1.54) is 11.8 Å². The third-order valence-electron chi connectivity index (χ3n) is 2.26. The highest BCUT2D eigenvalue weighted by Crippen LogP contribution is 2.34. The van der Waals surface area contributed by atoms with Crippen molar-refractivity contribution in [2.24, 2.45) is 5.73 Å². The number of hydrogen-bond acceptors (Lipinski definition) is 3. The molecule has 3 N–H and O–H groups in total. The predicted molar refractivity (Wildman–Crippen MR) is 71.5 cm³/mol. The second-order valence-electron chi connectivity index (χ2n) is 3.91. The summed E-state index contributed by atoms with van der Waals surface area (Å²) in [7, 11) is 0. The van der Waals surface area contributed by atoms with Gasteiger partial charge >= 0.3 is 0 Å². The number of nitrogens with one attached hydrogen (secondary N) is 1. The molecule has 0 spiro atoms. The predicted octanol–water partition coefficient (Wildman–Crippen LogP) is 3.10. The van der Waals surface area contributed by atoms with Crippen LogP contribution >= 0.6 is 23.4 Å². The van der Waals surface area contributed by atoms with Crippen LogP contribution in [0.15, 0.2) is 40.6 Å². The summed E-state index contributed by atoms with van der Waals surface area (Å²) in [5.74, 6) is 0. The van der Waals surface area contributed by atoms with Crippen molar-refractivity contribution in [1.29, 1.82) is 0 Å². The van der Waals surface area contributed by atoms with E-state index in [0.29, 0.717) is 0 Å². The Morgan fingerprint density at radius 1 is 1.53 bits per heavy atom. The van der Waals surface area contributed by atoms with Crippen molar-refractivity contribution in [3.8, 4) is 0 Å². The van der Waals surface area contributed by atoms with Gasteiger partial charge in [-0.3, -0.25) is 0 Å². The first-order chi connectivity index (χ1) is 8.16. The number of rotatable bonds is 4. The first kappa shape index (κ1) is 12.5. The Bertz CT molecular complexity index is 483. The highest BCUT2D eigenvalue weighted by atomic mass is 35.5. The van der Waals surface area contributed by atoms with Crippen molar-refractivity contribution >= 4 is 23.4 Å². The zero-order valence-corrected chi connectivity index (χ0v) is 11.1. The van der Waals surface area contributed by atoms with Gasteiger partial charge in [0, 0.05) is 23.3 Å². The van der Waals surface area contributed by atoms with E-state index in [1.54, 1.807) is 12.4 Å². The van der Waals surface area contributed by atoms with Crippen molar-refractivity contribution in [3.05, 3.63) is 41.2 Å². The maximum atomic E-state index is 6.23. The Morgan fingerprint density at radius 2 is 2.35 bits per heavy atom. The van der Waals surface area contributed by atoms with Gasteiger partial charge in [-0.15, -0.1) is 0 Å². The molecule has 0 saturated carbocycles. The zero-order chi connectivity index (χ0) is 12.3. The first-order valence-electron chi connectivity index (χ1n) is 5.37. The topological polar surface area (TPSA) is 54.7 Å². The van der Waals surface area contributed by atoms with Crippen molar-refractivity contribution in [2.75, 3.05) is 0 Å². The van der Waals surface area contributed by atoms with Crippen LogP contribution in [0, 0.1) is 0 Å². The summed E-state index contributed by atoms with van der Waals surface area (Å²) in [5.41, 5.74) is 7.00. The molecule has 1 aromatic heterocycles. The molecule has 0 aliphatic rings. The average molecular weight is 268 g/mol. The SMILES string of the molecule is CC(N)Cc1cccc(Cl)c1Sc1ncc[nH]1. The van der Waals surface area contributed by atoms with Gasteiger partial charge in [0.05, 0.1) is 5.02 Å². The number of nitrogens with zero attached hydrogens (tertiary/aromatic N) is 1. The largest absolute Gasteiger partial charge is 0.339 e. The Balaban J connectivity index is 2.30. The summed E-state index contributed by atoms with van der Waals surface area (Å²) < 4.78 is 0. The van der Waals surface area contributed by atoms with Crippen molar-refractivity contribution < 1.29 is 0 Å². The molecule has 1 aromatic carbocycles. The summed E-state index contributed by atoms with van der Waals surface area (Å²) in [4.78, 5) is 8.27. The molecule has 1 atom stereocenters. The quantitative estimate of drug-likeness (QED) is 0.895. The van der Waals surface area contributed by atoms with E-state index < -0.39 is 0 Å². The maximum absolute atomic E-state index is 6.23. The summed E-state index contributed by atoms with van der Waals surface area (Å²) in [5, 5.41) is 1.58. The van der Waals surface area contributed by atoms with Crippen molar-refractivity contribution in [2.45, 2.75) is 29.4 Å². The molecule has 0 aliphatic carbocycles. The molecule has 0 fully saturated rings. The van der Waals surface area contributed by atoms with Gasteiger partial charge in [0.1, 0.15) is 0 Å². The Labute approximate surface area is 110 Å². The molecular weight excluding hydrogens is 254 g/mol. The molecule has 0 amide bonds. The van der Waals surface area contributed by atoms with Gasteiger partial charge in [-0.25, -0.2) is 4.98 Å². The molecule has 1 unspecified atom stereocenters. The summed E-state index contributed by atoms with van der Waals surface area (Å²) >= 11 is 7.76. The van der Waals surface area contributed by atoms with Crippen LogP contribution in [0.4, 0.5) is 0 Å². The van der Waals surface area contributed by atoms with E-state index in [9.17, 15) is 0 Å². The van der Waals surface area contributed by atoms with Crippen LogP contribution in [0.25, 0.3) is 0 Å². The fourth-order valence-corrected chi connectivity index (χ4v) is 2.77. The van der Waals surface area contributed by atoms with E-state index in [0.717, 1.165) is 27.1 Å². The van der Waals surface area contributed by atoms with E-state index in [1.807, 2.05) is 19.1 Å². The third kappa shape index (κ3) is 3.25. The Morgan fingerprint density at radius 3 is 3.00 bits per heavy atom. The monoisotopic (exact) mass is 267 g/mol. The summed E-state index contributed by atoms with van der Waals surface area (Å²) in [6, 6.07) is 6.01. The lowest BCUT2D eigenvalue weighted by Crippen LogP contribution is -2.18. The number of hydrogen-bond donors (Lipinski definition) is 2. The normalized spacial score (nSPS) is 12.6. The highest BCUT2D eigenvalue weighted by Gasteiger charge is 2.11. The van der Waals surface area contributed by atoms with Crippen LogP contribution < -0.4 is 5.73 Å². The van der Waals surface area contributed by atoms with E-state index >= 15 is 0 Å². The molecule has 0 bridgehead atoms. The van der Waals surface area contributed by atoms with E-state index in [-0.39, 0.29) is 6.04 Å². The lowest BCUT2D eigenvalue weighted by atomic mass is 10.1. The number of aromatic nitrogens is 2. The van der Waals surface area contributed by atoms with Crippen LogP contribution in [-0.2, 0) is 6.42 Å². The Kier molecular flexibility index (Phi) is 4.10. The molecule has 1 heterocycles. The number of imidazole rings is 1. The second kappa shape index (κ2) is 5.58. The lowest BCUT2D eigenvalue weighted by molar-refractivity contribution is 0.729. The zero-order valence-electron chi connectivity index (χ0n) is 9.48. The molecule has 0 radical (unpaired) electrons. The molecular formula is C12H14ClN3S. The van der Waals surface area contributed by atoms with Gasteiger partial charge in [-0.05, 0) is 25.0 Å². The molecule has 17 heavy (non-hydrogen) atoms. The lowest BCUT2D eigenvalue weighted by Gasteiger charge is -2.11. The van der Waals surface area contributed by atoms with Crippen LogP contribution in [0.1, 0.15) is 12.5 Å². The molecule has 0 aliphatic heterocycles. The summed E-state index contributed by atoms with van der Waals surface area (Å²) in [6.45, 7) is 1.99. The number of halogens is 1. The number of benzene rings is 1. The number of nitrogens with two attached hydrogens (primary N) is 1. The first-order valence-corrected chi connectivity index (χ1v) is 6.56. The molecule has 3 nitrogen and oxygen atoms in total. The molecule has 5 heteroatoms. The average Bonchev–Trinajstić information content (AvgIpc) is 2.75. The van der Waals surface area contributed by atoms with Crippen LogP contribution in [0.5, 0.6) is 0 Å². The molecule has 2 aromatic rings. The van der Waals surface area contributed by atoms with E-state index in [2.05, 4.69) is 16.0 Å². The highest BCUT2D eigenvalue weighted by molar-refractivity contribution is 7.99. The van der Waals surface area contributed by atoms with Crippen LogP contribution in [0.2, 0.25) is 5.02 Å². The van der Waals surface area contributed by atoms with Crippen molar-refractivity contribution in [1.82, 2.24) is 9.97 Å². The minimum absolute atomic E-state index is 0.115.